The summed E-state index contributed by atoms with van der Waals surface area (Å²) in [5.74, 6) is 1.64. The van der Waals surface area contributed by atoms with Crippen molar-refractivity contribution in [2.45, 2.75) is 39.2 Å². The number of rotatable bonds is 8. The molecule has 3 aromatic carbocycles. The molecule has 4 nitrogen and oxygen atoms in total. The van der Waals surface area contributed by atoms with Crippen LogP contribution in [-0.2, 0) is 11.5 Å². The molecule has 4 aromatic rings. The van der Waals surface area contributed by atoms with Crippen molar-refractivity contribution >= 4 is 39.8 Å². The third-order valence-electron chi connectivity index (χ3n) is 6.32. The highest BCUT2D eigenvalue weighted by molar-refractivity contribution is 9.10. The minimum Gasteiger partial charge on any atom is -0.317 e. The predicted molar refractivity (Wildman–Crippen MR) is 155 cm³/mol. The smallest absolute Gasteiger partial charge is 0.271 e. The van der Waals surface area contributed by atoms with E-state index in [2.05, 4.69) is 101 Å². The van der Waals surface area contributed by atoms with E-state index in [0.717, 1.165) is 38.6 Å². The molecule has 0 saturated heterocycles. The molecule has 1 N–H and O–H groups in total. The second-order valence-corrected chi connectivity index (χ2v) is 10.7. The van der Waals surface area contributed by atoms with E-state index in [1.807, 2.05) is 42.1 Å². The Kier molecular flexibility index (Phi) is 8.49. The van der Waals surface area contributed by atoms with Gasteiger partial charge in [0.15, 0.2) is 0 Å². The molecule has 184 valence electrons. The molecule has 6 heteroatoms. The molecule has 1 heterocycles. The second kappa shape index (κ2) is 11.8. The van der Waals surface area contributed by atoms with E-state index in [0.29, 0.717) is 5.56 Å². The summed E-state index contributed by atoms with van der Waals surface area (Å²) < 4.78 is 3.17. The number of hydrogen-bond donors (Lipinski definition) is 1. The van der Waals surface area contributed by atoms with Gasteiger partial charge in [0, 0.05) is 44.2 Å². The van der Waals surface area contributed by atoms with Crippen LogP contribution in [0.25, 0.3) is 5.69 Å². The van der Waals surface area contributed by atoms with Crippen molar-refractivity contribution in [3.05, 3.63) is 122 Å². The lowest BCUT2D eigenvalue weighted by molar-refractivity contribution is 0.0955. The molecule has 0 bridgehead atoms. The number of carbonyl (C=O) groups is 1. The fourth-order valence-electron chi connectivity index (χ4n) is 4.06. The van der Waals surface area contributed by atoms with Gasteiger partial charge in [0.2, 0.25) is 0 Å². The summed E-state index contributed by atoms with van der Waals surface area (Å²) in [5.41, 5.74) is 12.5. The van der Waals surface area contributed by atoms with E-state index >= 15 is 0 Å². The van der Waals surface area contributed by atoms with Crippen LogP contribution in [0, 0.1) is 27.7 Å². The maximum atomic E-state index is 12.6. The van der Waals surface area contributed by atoms with E-state index in [4.69, 9.17) is 0 Å². The van der Waals surface area contributed by atoms with Gasteiger partial charge in [-0.2, -0.15) is 16.9 Å². The maximum Gasteiger partial charge on any atom is 0.271 e. The molecule has 0 atom stereocenters. The lowest BCUT2D eigenvalue weighted by Crippen LogP contribution is -2.17. The first-order valence-electron chi connectivity index (χ1n) is 11.8. The number of nitrogens with zero attached hydrogens (tertiary/aromatic N) is 2. The van der Waals surface area contributed by atoms with Gasteiger partial charge < -0.3 is 4.57 Å². The Labute approximate surface area is 226 Å². The summed E-state index contributed by atoms with van der Waals surface area (Å²) in [5, 5.41) is 4.25. The first-order chi connectivity index (χ1) is 17.3. The lowest BCUT2D eigenvalue weighted by Gasteiger charge is -2.11. The van der Waals surface area contributed by atoms with Crippen molar-refractivity contribution in [2.75, 3.05) is 0 Å². The molecular weight excluding hydrogens is 530 g/mol. The van der Waals surface area contributed by atoms with Crippen molar-refractivity contribution in [2.24, 2.45) is 5.10 Å². The Balaban J connectivity index is 1.38. The summed E-state index contributed by atoms with van der Waals surface area (Å²) >= 11 is 5.57. The number of aromatic nitrogens is 1. The number of hydrazone groups is 1. The Morgan fingerprint density at radius 2 is 1.56 bits per heavy atom. The fourth-order valence-corrected chi connectivity index (χ4v) is 5.58. The normalized spacial score (nSPS) is 11.2. The summed E-state index contributed by atoms with van der Waals surface area (Å²) in [6.45, 7) is 8.37. The number of halogens is 1. The summed E-state index contributed by atoms with van der Waals surface area (Å²) in [6.07, 6.45) is 1.70. The first-order valence-corrected chi connectivity index (χ1v) is 13.8. The SMILES string of the molecule is Cc1ccc(-n2c(C)c(Br)c(/C=N\NC(=O)c3ccc(CSCc4ccccc4)cc3)c2C)cc1C. The molecule has 0 saturated carbocycles. The number of amides is 1. The molecule has 0 aliphatic carbocycles. The third kappa shape index (κ3) is 6.00. The number of aryl methyl sites for hydroxylation is 2. The van der Waals surface area contributed by atoms with Gasteiger partial charge in [-0.15, -0.1) is 0 Å². The van der Waals surface area contributed by atoms with Gasteiger partial charge in [-0.05, 0) is 90.1 Å². The van der Waals surface area contributed by atoms with Crippen LogP contribution in [0.4, 0.5) is 0 Å². The minimum absolute atomic E-state index is 0.228. The Hall–Kier alpha value is -3.09. The average molecular weight is 561 g/mol. The quantitative estimate of drug-likeness (QED) is 0.178. The fraction of sp³-hybridized carbons (Fsp3) is 0.200. The zero-order valence-electron chi connectivity index (χ0n) is 21.0. The van der Waals surface area contributed by atoms with Gasteiger partial charge in [-0.25, -0.2) is 5.43 Å². The Morgan fingerprint density at radius 3 is 2.22 bits per heavy atom. The van der Waals surface area contributed by atoms with Gasteiger partial charge in [0.25, 0.3) is 5.91 Å². The molecule has 0 aliphatic rings. The van der Waals surface area contributed by atoms with E-state index in [1.165, 1.54) is 22.3 Å². The molecule has 0 fully saturated rings. The van der Waals surface area contributed by atoms with E-state index in [9.17, 15) is 4.79 Å². The highest BCUT2D eigenvalue weighted by Crippen LogP contribution is 2.30. The standard InChI is InChI=1S/C30H30BrN3OS/c1-20-10-15-27(16-21(20)2)34-22(3)28(29(31)23(34)4)17-32-33-30(35)26-13-11-25(12-14-26)19-36-18-24-8-6-5-7-9-24/h5-17H,18-19H2,1-4H3,(H,33,35)/b32-17-. The highest BCUT2D eigenvalue weighted by atomic mass is 79.9. The van der Waals surface area contributed by atoms with Crippen LogP contribution in [0.5, 0.6) is 0 Å². The summed E-state index contributed by atoms with van der Waals surface area (Å²) in [6, 6.07) is 24.6. The monoisotopic (exact) mass is 559 g/mol. The maximum absolute atomic E-state index is 12.6. The van der Waals surface area contributed by atoms with Crippen LogP contribution in [0.1, 0.15) is 49.6 Å². The van der Waals surface area contributed by atoms with Gasteiger partial charge in [-0.1, -0.05) is 48.5 Å². The van der Waals surface area contributed by atoms with E-state index in [-0.39, 0.29) is 5.91 Å². The van der Waals surface area contributed by atoms with Crippen molar-refractivity contribution < 1.29 is 4.79 Å². The second-order valence-electron chi connectivity index (χ2n) is 8.88. The molecular formula is C30H30BrN3OS. The highest BCUT2D eigenvalue weighted by Gasteiger charge is 2.16. The zero-order chi connectivity index (χ0) is 25.7. The third-order valence-corrected chi connectivity index (χ3v) is 8.40. The summed E-state index contributed by atoms with van der Waals surface area (Å²) in [7, 11) is 0. The first kappa shape index (κ1) is 26.0. The Morgan fingerprint density at radius 1 is 0.889 bits per heavy atom. The van der Waals surface area contributed by atoms with Crippen molar-refractivity contribution in [1.82, 2.24) is 9.99 Å². The van der Waals surface area contributed by atoms with E-state index < -0.39 is 0 Å². The lowest BCUT2D eigenvalue weighted by atomic mass is 10.1. The van der Waals surface area contributed by atoms with Crippen LogP contribution >= 0.6 is 27.7 Å². The molecule has 0 aliphatic heterocycles. The van der Waals surface area contributed by atoms with Crippen LogP contribution in [-0.4, -0.2) is 16.7 Å². The van der Waals surface area contributed by atoms with Gasteiger partial charge in [-0.3, -0.25) is 4.79 Å². The van der Waals surface area contributed by atoms with E-state index in [1.54, 1.807) is 6.21 Å². The van der Waals surface area contributed by atoms with Crippen LogP contribution < -0.4 is 5.43 Å². The molecule has 0 radical (unpaired) electrons. The minimum atomic E-state index is -0.228. The largest absolute Gasteiger partial charge is 0.317 e. The van der Waals surface area contributed by atoms with Crippen molar-refractivity contribution in [1.29, 1.82) is 0 Å². The number of hydrogen-bond acceptors (Lipinski definition) is 3. The number of benzene rings is 3. The molecule has 36 heavy (non-hydrogen) atoms. The molecule has 1 amide bonds. The number of nitrogens with one attached hydrogen (secondary N) is 1. The Bertz CT molecular complexity index is 1390. The average Bonchev–Trinajstić information content (AvgIpc) is 3.09. The summed E-state index contributed by atoms with van der Waals surface area (Å²) in [4.78, 5) is 12.6. The van der Waals surface area contributed by atoms with Gasteiger partial charge in [0.05, 0.1) is 6.21 Å². The number of thioether (sulfide) groups is 1. The van der Waals surface area contributed by atoms with Gasteiger partial charge in [0.1, 0.15) is 0 Å². The molecule has 0 spiro atoms. The molecule has 0 unspecified atom stereocenters. The number of carbonyl (C=O) groups excluding carboxylic acids is 1. The van der Waals surface area contributed by atoms with Crippen LogP contribution in [0.15, 0.2) is 82.4 Å². The van der Waals surface area contributed by atoms with Crippen molar-refractivity contribution in [3.63, 3.8) is 0 Å². The molecule has 4 rings (SSSR count). The zero-order valence-corrected chi connectivity index (χ0v) is 23.4. The topological polar surface area (TPSA) is 46.4 Å². The van der Waals surface area contributed by atoms with Crippen LogP contribution in [0.3, 0.4) is 0 Å². The van der Waals surface area contributed by atoms with Crippen LogP contribution in [0.2, 0.25) is 0 Å². The van der Waals surface area contributed by atoms with Gasteiger partial charge >= 0.3 is 0 Å². The molecule has 1 aromatic heterocycles. The van der Waals surface area contributed by atoms with Crippen molar-refractivity contribution in [3.8, 4) is 5.69 Å². The predicted octanol–water partition coefficient (Wildman–Crippen LogP) is 7.67.